The Bertz CT molecular complexity index is 780. The maximum atomic E-state index is 13.4. The first-order chi connectivity index (χ1) is 10.4. The molecule has 0 aliphatic heterocycles. The predicted octanol–water partition coefficient (Wildman–Crippen LogP) is 5.55. The lowest BCUT2D eigenvalue weighted by Crippen LogP contribution is -2.23. The molecule has 1 nitrogen and oxygen atoms in total. The number of rotatable bonds is 2. The van der Waals surface area contributed by atoms with Gasteiger partial charge in [0.2, 0.25) is 0 Å². The van der Waals surface area contributed by atoms with Gasteiger partial charge in [-0.1, -0.05) is 48.5 Å². The maximum absolute atomic E-state index is 13.4. The molecular formula is C18H15F3O. The van der Waals surface area contributed by atoms with Gasteiger partial charge in [-0.05, 0) is 34.0 Å². The highest BCUT2D eigenvalue weighted by Gasteiger charge is 2.42. The smallest absolute Gasteiger partial charge is 0.367 e. The van der Waals surface area contributed by atoms with E-state index in [-0.39, 0.29) is 5.56 Å². The number of hydrogen-bond acceptors (Lipinski definition) is 1. The van der Waals surface area contributed by atoms with Crippen molar-refractivity contribution in [1.82, 2.24) is 0 Å². The monoisotopic (exact) mass is 304 g/mol. The Morgan fingerprint density at radius 1 is 0.818 bits per heavy atom. The number of benzene rings is 3. The van der Waals surface area contributed by atoms with Crippen molar-refractivity contribution in [2.24, 2.45) is 0 Å². The summed E-state index contributed by atoms with van der Waals surface area (Å²) in [6, 6.07) is 14.3. The highest BCUT2D eigenvalue weighted by Crippen LogP contribution is 2.43. The van der Waals surface area contributed by atoms with Crippen LogP contribution in [0.15, 0.2) is 48.5 Å². The molecule has 0 saturated heterocycles. The van der Waals surface area contributed by atoms with Crippen molar-refractivity contribution >= 4 is 21.5 Å². The normalized spacial score (nSPS) is 13.7. The van der Waals surface area contributed by atoms with Gasteiger partial charge in [0.1, 0.15) is 0 Å². The van der Waals surface area contributed by atoms with Crippen molar-refractivity contribution in [2.45, 2.75) is 19.2 Å². The number of aryl methyl sites for hydroxylation is 1. The quantitative estimate of drug-likeness (QED) is 0.564. The number of halogens is 3. The van der Waals surface area contributed by atoms with E-state index >= 15 is 0 Å². The van der Waals surface area contributed by atoms with E-state index in [0.29, 0.717) is 10.8 Å². The Balaban J connectivity index is 2.51. The van der Waals surface area contributed by atoms with Gasteiger partial charge in [0.25, 0.3) is 0 Å². The summed E-state index contributed by atoms with van der Waals surface area (Å²) in [5.74, 6) is 0. The number of hydrogen-bond donors (Lipinski definition) is 0. The third-order valence-corrected chi connectivity index (χ3v) is 4.04. The van der Waals surface area contributed by atoms with Gasteiger partial charge in [0.05, 0.1) is 0 Å². The average molecular weight is 304 g/mol. The second kappa shape index (κ2) is 5.29. The summed E-state index contributed by atoms with van der Waals surface area (Å²) in [4.78, 5) is 0. The van der Waals surface area contributed by atoms with Crippen LogP contribution < -0.4 is 0 Å². The number of fused-ring (bicyclic) bond motifs is 2. The Morgan fingerprint density at radius 3 is 1.59 bits per heavy atom. The maximum Gasteiger partial charge on any atom is 0.418 e. The van der Waals surface area contributed by atoms with Gasteiger partial charge in [-0.25, -0.2) is 0 Å². The third-order valence-electron chi connectivity index (χ3n) is 4.04. The Hall–Kier alpha value is -2.07. The van der Waals surface area contributed by atoms with Crippen LogP contribution in [0.25, 0.3) is 21.5 Å². The number of methoxy groups -OCH3 is 1. The van der Waals surface area contributed by atoms with Crippen LogP contribution in [0.5, 0.6) is 0 Å². The molecule has 3 rings (SSSR count). The van der Waals surface area contributed by atoms with Crippen molar-refractivity contribution in [3.8, 4) is 0 Å². The zero-order valence-corrected chi connectivity index (χ0v) is 12.2. The van der Waals surface area contributed by atoms with Crippen molar-refractivity contribution in [3.05, 3.63) is 59.7 Å². The summed E-state index contributed by atoms with van der Waals surface area (Å²) in [5.41, 5.74) is 1.17. The minimum absolute atomic E-state index is 0.187. The fourth-order valence-corrected chi connectivity index (χ4v) is 3.08. The molecule has 0 saturated carbocycles. The highest BCUT2D eigenvalue weighted by molar-refractivity contribution is 6.05. The van der Waals surface area contributed by atoms with Crippen LogP contribution in [0.1, 0.15) is 17.2 Å². The van der Waals surface area contributed by atoms with Gasteiger partial charge in [0, 0.05) is 12.7 Å². The van der Waals surface area contributed by atoms with Crippen LogP contribution >= 0.6 is 0 Å². The Kier molecular flexibility index (Phi) is 3.57. The fraction of sp³-hybridized carbons (Fsp3) is 0.222. The number of ether oxygens (including phenoxy) is 1. The van der Waals surface area contributed by atoms with Gasteiger partial charge in [-0.15, -0.1) is 0 Å². The topological polar surface area (TPSA) is 9.23 Å². The Morgan fingerprint density at radius 2 is 1.23 bits per heavy atom. The summed E-state index contributed by atoms with van der Waals surface area (Å²) in [6.07, 6.45) is -6.40. The summed E-state index contributed by atoms with van der Waals surface area (Å²) >= 11 is 0. The van der Waals surface area contributed by atoms with Crippen LogP contribution in [0.4, 0.5) is 13.2 Å². The molecule has 4 heteroatoms. The molecule has 3 aromatic rings. The van der Waals surface area contributed by atoms with Gasteiger partial charge >= 0.3 is 6.18 Å². The zero-order chi connectivity index (χ0) is 15.9. The van der Waals surface area contributed by atoms with Gasteiger partial charge in [-0.3, -0.25) is 0 Å². The molecule has 0 radical (unpaired) electrons. The summed E-state index contributed by atoms with van der Waals surface area (Å²) in [6.45, 7) is 1.93. The van der Waals surface area contributed by atoms with Gasteiger partial charge in [-0.2, -0.15) is 13.2 Å². The van der Waals surface area contributed by atoms with Crippen LogP contribution in [-0.2, 0) is 4.74 Å². The zero-order valence-electron chi connectivity index (χ0n) is 12.2. The molecule has 0 spiro atoms. The van der Waals surface area contributed by atoms with Gasteiger partial charge < -0.3 is 4.74 Å². The third kappa shape index (κ3) is 2.24. The van der Waals surface area contributed by atoms with E-state index in [0.717, 1.165) is 23.4 Å². The van der Waals surface area contributed by atoms with Crippen LogP contribution in [0, 0.1) is 6.92 Å². The van der Waals surface area contributed by atoms with E-state index < -0.39 is 12.3 Å². The molecule has 3 aromatic carbocycles. The molecule has 114 valence electrons. The van der Waals surface area contributed by atoms with Crippen molar-refractivity contribution in [3.63, 3.8) is 0 Å². The highest BCUT2D eigenvalue weighted by atomic mass is 19.4. The average Bonchev–Trinajstić information content (AvgIpc) is 2.50. The molecule has 22 heavy (non-hydrogen) atoms. The van der Waals surface area contributed by atoms with Crippen LogP contribution in [0.2, 0.25) is 0 Å². The molecule has 0 heterocycles. The lowest BCUT2D eigenvalue weighted by Gasteiger charge is -2.23. The fourth-order valence-electron chi connectivity index (χ4n) is 3.08. The Labute approximate surface area is 126 Å². The lowest BCUT2D eigenvalue weighted by molar-refractivity contribution is -0.215. The molecule has 0 bridgehead atoms. The molecule has 0 fully saturated rings. The lowest BCUT2D eigenvalue weighted by atomic mass is 9.89. The van der Waals surface area contributed by atoms with Crippen LogP contribution in [0.3, 0.4) is 0 Å². The van der Waals surface area contributed by atoms with E-state index in [2.05, 4.69) is 0 Å². The molecule has 0 amide bonds. The summed E-state index contributed by atoms with van der Waals surface area (Å²) in [7, 11) is 1.10. The molecule has 0 aliphatic carbocycles. The molecule has 0 N–H and O–H groups in total. The van der Waals surface area contributed by atoms with Gasteiger partial charge in [0.15, 0.2) is 6.10 Å². The molecular weight excluding hydrogens is 289 g/mol. The van der Waals surface area contributed by atoms with E-state index in [9.17, 15) is 13.2 Å². The second-order valence-corrected chi connectivity index (χ2v) is 5.29. The minimum Gasteiger partial charge on any atom is -0.367 e. The summed E-state index contributed by atoms with van der Waals surface area (Å²) in [5, 5.41) is 2.82. The van der Waals surface area contributed by atoms with Crippen molar-refractivity contribution in [2.75, 3.05) is 7.11 Å². The van der Waals surface area contributed by atoms with Crippen LogP contribution in [-0.4, -0.2) is 13.3 Å². The molecule has 0 aliphatic rings. The van der Waals surface area contributed by atoms with Crippen molar-refractivity contribution in [1.29, 1.82) is 0 Å². The van der Waals surface area contributed by atoms with E-state index in [4.69, 9.17) is 4.74 Å². The predicted molar refractivity (Wildman–Crippen MR) is 82.0 cm³/mol. The SMILES string of the molecule is CO[C@H](c1c2ccccc2c(C)c2ccccc12)C(F)(F)F. The molecule has 0 unspecified atom stereocenters. The summed E-state index contributed by atoms with van der Waals surface area (Å²) < 4.78 is 45.1. The second-order valence-electron chi connectivity index (χ2n) is 5.29. The van der Waals surface area contributed by atoms with E-state index in [1.807, 2.05) is 31.2 Å². The first-order valence-electron chi connectivity index (χ1n) is 6.94. The molecule has 1 atom stereocenters. The standard InChI is InChI=1S/C18H15F3O/c1-11-12-7-3-5-9-14(12)16(17(22-2)18(19,20)21)15-10-6-4-8-13(11)15/h3-10,17H,1-2H3/t17-/m1/s1. The van der Waals surface area contributed by atoms with Crippen molar-refractivity contribution < 1.29 is 17.9 Å². The molecule has 0 aromatic heterocycles. The first kappa shape index (κ1) is 14.9. The number of alkyl halides is 3. The largest absolute Gasteiger partial charge is 0.418 e. The van der Waals surface area contributed by atoms with E-state index in [1.54, 1.807) is 24.3 Å². The minimum atomic E-state index is -4.46. The van der Waals surface area contributed by atoms with E-state index in [1.165, 1.54) is 0 Å². The first-order valence-corrected chi connectivity index (χ1v) is 6.94.